The third-order valence-corrected chi connectivity index (χ3v) is 1.77. The molecule has 0 amide bonds. The number of aromatic nitrogens is 1. The van der Waals surface area contributed by atoms with Crippen LogP contribution in [0.5, 0.6) is 0 Å². The zero-order valence-corrected chi connectivity index (χ0v) is 6.69. The van der Waals surface area contributed by atoms with Gasteiger partial charge >= 0.3 is 0 Å². The second-order valence-electron chi connectivity index (χ2n) is 1.99. The van der Waals surface area contributed by atoms with E-state index in [2.05, 4.69) is 4.98 Å². The molecule has 10 heavy (non-hydrogen) atoms. The van der Waals surface area contributed by atoms with Gasteiger partial charge in [0, 0.05) is 11.1 Å². The van der Waals surface area contributed by atoms with Gasteiger partial charge in [-0.3, -0.25) is 4.98 Å². The van der Waals surface area contributed by atoms with Crippen LogP contribution in [0.15, 0.2) is 24.4 Å². The van der Waals surface area contributed by atoms with Crippen LogP contribution < -0.4 is 0 Å². The molecular formula is C8H9NS. The molecule has 1 aromatic heterocycles. The lowest BCUT2D eigenvalue weighted by atomic mass is 10.2. The summed E-state index contributed by atoms with van der Waals surface area (Å²) >= 11 is 5.06. The maximum atomic E-state index is 5.06. The highest BCUT2D eigenvalue weighted by molar-refractivity contribution is 7.80. The average Bonchev–Trinajstić information content (AvgIpc) is 2.05. The Morgan fingerprint density at radius 1 is 1.60 bits per heavy atom. The Morgan fingerprint density at radius 3 is 2.90 bits per heavy atom. The van der Waals surface area contributed by atoms with Gasteiger partial charge in [-0.2, -0.15) is 0 Å². The predicted octanol–water partition coefficient (Wildman–Crippen LogP) is 2.21. The van der Waals surface area contributed by atoms with Crippen LogP contribution >= 0.6 is 12.2 Å². The zero-order valence-electron chi connectivity index (χ0n) is 5.87. The first kappa shape index (κ1) is 7.35. The second-order valence-corrected chi connectivity index (χ2v) is 2.48. The molecule has 2 heteroatoms. The van der Waals surface area contributed by atoms with Crippen LogP contribution in [-0.2, 0) is 0 Å². The molecule has 0 aliphatic heterocycles. The van der Waals surface area contributed by atoms with Crippen LogP contribution in [0.4, 0.5) is 0 Å². The fourth-order valence-corrected chi connectivity index (χ4v) is 0.830. The van der Waals surface area contributed by atoms with Gasteiger partial charge in [0.15, 0.2) is 0 Å². The summed E-state index contributed by atoms with van der Waals surface area (Å²) in [6.45, 7) is 2.04. The minimum Gasteiger partial charge on any atom is -0.256 e. The second kappa shape index (κ2) is 3.42. The predicted molar refractivity (Wildman–Crippen MR) is 46.2 cm³/mol. The lowest BCUT2D eigenvalue weighted by molar-refractivity contribution is 1.24. The molecule has 0 bridgehead atoms. The van der Waals surface area contributed by atoms with Crippen molar-refractivity contribution in [1.29, 1.82) is 0 Å². The highest BCUT2D eigenvalue weighted by atomic mass is 32.1. The summed E-state index contributed by atoms with van der Waals surface area (Å²) in [5, 5.41) is 0. The van der Waals surface area contributed by atoms with Crippen molar-refractivity contribution in [2.24, 2.45) is 0 Å². The molecule has 0 aliphatic rings. The van der Waals surface area contributed by atoms with Crippen molar-refractivity contribution in [3.8, 4) is 0 Å². The molecule has 1 rings (SSSR count). The molecule has 0 unspecified atom stereocenters. The molecule has 52 valence electrons. The van der Waals surface area contributed by atoms with E-state index in [9.17, 15) is 0 Å². The molecule has 0 radical (unpaired) electrons. The third-order valence-electron chi connectivity index (χ3n) is 1.27. The molecule has 0 fully saturated rings. The molecule has 1 aromatic rings. The number of hydrogen-bond donors (Lipinski definition) is 0. The van der Waals surface area contributed by atoms with Gasteiger partial charge in [-0.15, -0.1) is 0 Å². The molecule has 0 saturated heterocycles. The van der Waals surface area contributed by atoms with Gasteiger partial charge < -0.3 is 0 Å². The largest absolute Gasteiger partial charge is 0.256 e. The highest BCUT2D eigenvalue weighted by Crippen LogP contribution is 1.99. The molecule has 0 spiro atoms. The van der Waals surface area contributed by atoms with Crippen molar-refractivity contribution < 1.29 is 0 Å². The molecule has 1 heterocycles. The van der Waals surface area contributed by atoms with Crippen LogP contribution in [0, 0.1) is 0 Å². The van der Waals surface area contributed by atoms with E-state index >= 15 is 0 Å². The fourth-order valence-electron chi connectivity index (χ4n) is 0.709. The molecule has 1 nitrogen and oxygen atoms in total. The number of thiocarbonyl (C=S) groups is 1. The number of rotatable bonds is 2. The summed E-state index contributed by atoms with van der Waals surface area (Å²) in [5.74, 6) is 0. The lowest BCUT2D eigenvalue weighted by Crippen LogP contribution is -1.96. The third kappa shape index (κ3) is 1.61. The van der Waals surface area contributed by atoms with Gasteiger partial charge in [0.25, 0.3) is 0 Å². The van der Waals surface area contributed by atoms with Crippen molar-refractivity contribution in [1.82, 2.24) is 4.98 Å². The fraction of sp³-hybridized carbons (Fsp3) is 0.250. The summed E-state index contributed by atoms with van der Waals surface area (Å²) in [4.78, 5) is 5.04. The molecular weight excluding hydrogens is 142 g/mol. The van der Waals surface area contributed by atoms with Crippen molar-refractivity contribution in [2.45, 2.75) is 13.3 Å². The Hall–Kier alpha value is -0.760. The Morgan fingerprint density at radius 2 is 2.40 bits per heavy atom. The van der Waals surface area contributed by atoms with E-state index in [0.717, 1.165) is 17.0 Å². The minimum absolute atomic E-state index is 0.895. The Balaban J connectivity index is 2.85. The minimum atomic E-state index is 0.895. The van der Waals surface area contributed by atoms with Crippen LogP contribution in [0.1, 0.15) is 19.0 Å². The van der Waals surface area contributed by atoms with Gasteiger partial charge in [-0.05, 0) is 18.6 Å². The topological polar surface area (TPSA) is 12.9 Å². The highest BCUT2D eigenvalue weighted by Gasteiger charge is 1.95. The Bertz CT molecular complexity index is 218. The lowest BCUT2D eigenvalue weighted by Gasteiger charge is -1.95. The first-order chi connectivity index (χ1) is 4.84. The first-order valence-corrected chi connectivity index (χ1v) is 3.69. The van der Waals surface area contributed by atoms with Gasteiger partial charge in [0.05, 0.1) is 5.69 Å². The number of hydrogen-bond acceptors (Lipinski definition) is 2. The Labute approximate surface area is 66.1 Å². The van der Waals surface area contributed by atoms with E-state index in [-0.39, 0.29) is 0 Å². The van der Waals surface area contributed by atoms with Gasteiger partial charge in [-0.25, -0.2) is 0 Å². The van der Waals surface area contributed by atoms with Crippen molar-refractivity contribution in [2.75, 3.05) is 0 Å². The van der Waals surface area contributed by atoms with Gasteiger partial charge in [0.2, 0.25) is 0 Å². The van der Waals surface area contributed by atoms with Gasteiger partial charge in [-0.1, -0.05) is 25.2 Å². The smallest absolute Gasteiger partial charge is 0.0768 e. The van der Waals surface area contributed by atoms with E-state index in [1.165, 1.54) is 0 Å². The van der Waals surface area contributed by atoms with E-state index in [1.807, 2.05) is 25.1 Å². The van der Waals surface area contributed by atoms with Gasteiger partial charge in [0.1, 0.15) is 0 Å². The molecule has 0 saturated carbocycles. The van der Waals surface area contributed by atoms with Crippen LogP contribution in [-0.4, -0.2) is 9.85 Å². The van der Waals surface area contributed by atoms with Crippen molar-refractivity contribution >= 4 is 17.1 Å². The maximum Gasteiger partial charge on any atom is 0.0768 e. The molecule has 0 atom stereocenters. The normalized spacial score (nSPS) is 9.30. The number of pyridine rings is 1. The summed E-state index contributed by atoms with van der Waals surface area (Å²) in [5.41, 5.74) is 0.931. The van der Waals surface area contributed by atoms with Crippen LogP contribution in [0.3, 0.4) is 0 Å². The summed E-state index contributed by atoms with van der Waals surface area (Å²) in [6, 6.07) is 5.78. The SMILES string of the molecule is CCC(=S)c1ccccn1. The zero-order chi connectivity index (χ0) is 7.40. The van der Waals surface area contributed by atoms with E-state index in [0.29, 0.717) is 0 Å². The van der Waals surface area contributed by atoms with Crippen LogP contribution in [0.2, 0.25) is 0 Å². The molecule has 0 aromatic carbocycles. The average molecular weight is 151 g/mol. The van der Waals surface area contributed by atoms with E-state index < -0.39 is 0 Å². The summed E-state index contributed by atoms with van der Waals surface area (Å²) in [6.07, 6.45) is 2.66. The monoisotopic (exact) mass is 151 g/mol. The van der Waals surface area contributed by atoms with Crippen LogP contribution in [0.25, 0.3) is 0 Å². The van der Waals surface area contributed by atoms with E-state index in [4.69, 9.17) is 12.2 Å². The standard InChI is InChI=1S/C8H9NS/c1-2-8(10)7-5-3-4-6-9-7/h3-6H,2H2,1H3. The maximum absolute atomic E-state index is 5.06. The molecule has 0 aliphatic carbocycles. The summed E-state index contributed by atoms with van der Waals surface area (Å²) in [7, 11) is 0. The van der Waals surface area contributed by atoms with E-state index in [1.54, 1.807) is 6.20 Å². The first-order valence-electron chi connectivity index (χ1n) is 3.29. The number of nitrogens with zero attached hydrogens (tertiary/aromatic N) is 1. The quantitative estimate of drug-likeness (QED) is 0.475. The van der Waals surface area contributed by atoms with Crippen molar-refractivity contribution in [3.05, 3.63) is 30.1 Å². The van der Waals surface area contributed by atoms with Crippen molar-refractivity contribution in [3.63, 3.8) is 0 Å². The Kier molecular flexibility index (Phi) is 2.51. The molecule has 0 N–H and O–H groups in total. The summed E-state index contributed by atoms with van der Waals surface area (Å²) < 4.78 is 0.